The molecule has 0 aromatic carbocycles. The average molecular weight is 204 g/mol. The van der Waals surface area contributed by atoms with Crippen LogP contribution in [0.1, 0.15) is 33.1 Å². The number of unbranched alkanes of at least 4 members (excludes halogenated alkanes) is 1. The number of carbonyl (C=O) groups excluding carboxylic acids is 1. The molecule has 1 atom stereocenters. The van der Waals surface area contributed by atoms with Gasteiger partial charge in [0.15, 0.2) is 5.12 Å². The minimum absolute atomic E-state index is 0.0113. The molecule has 0 saturated heterocycles. The summed E-state index contributed by atoms with van der Waals surface area (Å²) in [7, 11) is 0. The van der Waals surface area contributed by atoms with Crippen LogP contribution in [-0.2, 0) is 9.59 Å². The van der Waals surface area contributed by atoms with Gasteiger partial charge in [0.1, 0.15) is 0 Å². The van der Waals surface area contributed by atoms with Crippen molar-refractivity contribution in [3.8, 4) is 0 Å². The van der Waals surface area contributed by atoms with Crippen molar-refractivity contribution in [1.29, 1.82) is 0 Å². The summed E-state index contributed by atoms with van der Waals surface area (Å²) >= 11 is 1.10. The molecule has 0 spiro atoms. The lowest BCUT2D eigenvalue weighted by atomic mass is 10.1. The molecule has 0 aromatic heterocycles. The molecule has 0 saturated carbocycles. The number of hydrogen-bond acceptors (Lipinski definition) is 3. The topological polar surface area (TPSA) is 54.4 Å². The zero-order valence-electron chi connectivity index (χ0n) is 8.08. The van der Waals surface area contributed by atoms with Gasteiger partial charge in [0.2, 0.25) is 0 Å². The molecule has 0 amide bonds. The van der Waals surface area contributed by atoms with E-state index < -0.39 is 5.97 Å². The molecule has 76 valence electrons. The zero-order valence-corrected chi connectivity index (χ0v) is 8.89. The molecule has 3 nitrogen and oxygen atoms in total. The van der Waals surface area contributed by atoms with Gasteiger partial charge in [-0.25, -0.2) is 0 Å². The monoisotopic (exact) mass is 204 g/mol. The maximum absolute atomic E-state index is 10.7. The van der Waals surface area contributed by atoms with Crippen molar-refractivity contribution < 1.29 is 14.7 Å². The smallest absolute Gasteiger partial charge is 0.307 e. The van der Waals surface area contributed by atoms with Crippen LogP contribution in [0.25, 0.3) is 0 Å². The van der Waals surface area contributed by atoms with Gasteiger partial charge in [-0.1, -0.05) is 31.5 Å². The third kappa shape index (κ3) is 6.63. The number of aliphatic carboxylic acids is 1. The minimum Gasteiger partial charge on any atom is -0.481 e. The highest BCUT2D eigenvalue weighted by Gasteiger charge is 2.17. The van der Waals surface area contributed by atoms with Gasteiger partial charge < -0.3 is 5.11 Å². The lowest BCUT2D eigenvalue weighted by molar-refractivity contribution is -0.141. The Morgan fingerprint density at radius 1 is 1.46 bits per heavy atom. The van der Waals surface area contributed by atoms with Gasteiger partial charge in [-0.3, -0.25) is 9.59 Å². The highest BCUT2D eigenvalue weighted by Crippen LogP contribution is 2.15. The van der Waals surface area contributed by atoms with E-state index in [4.69, 9.17) is 5.11 Å². The van der Waals surface area contributed by atoms with Gasteiger partial charge in [0, 0.05) is 12.7 Å². The summed E-state index contributed by atoms with van der Waals surface area (Å²) in [5.41, 5.74) is 0. The van der Waals surface area contributed by atoms with Crippen LogP contribution in [0.3, 0.4) is 0 Å². The van der Waals surface area contributed by atoms with E-state index in [9.17, 15) is 9.59 Å². The van der Waals surface area contributed by atoms with Gasteiger partial charge in [-0.05, 0) is 6.42 Å². The number of carbonyl (C=O) groups is 2. The first-order valence-corrected chi connectivity index (χ1v) is 5.42. The number of carboxylic acids is 1. The minimum atomic E-state index is -0.790. The van der Waals surface area contributed by atoms with Crippen molar-refractivity contribution in [2.45, 2.75) is 33.1 Å². The fraction of sp³-hybridized carbons (Fsp3) is 0.778. The van der Waals surface area contributed by atoms with Crippen LogP contribution >= 0.6 is 11.8 Å². The Bertz CT molecular complexity index is 180. The fourth-order valence-corrected chi connectivity index (χ4v) is 1.69. The standard InChI is InChI=1S/C9H16O3S/c1-3-4-5-8(9(11)12)6-13-7(2)10/h8H,3-6H2,1-2H3,(H,11,12)/t8-/m1/s1. The molecule has 0 unspecified atom stereocenters. The van der Waals surface area contributed by atoms with Crippen LogP contribution in [0.4, 0.5) is 0 Å². The Morgan fingerprint density at radius 3 is 2.46 bits per heavy atom. The SMILES string of the molecule is CCCC[C@H](CSC(C)=O)C(=O)O. The summed E-state index contributed by atoms with van der Waals surface area (Å²) in [6.07, 6.45) is 2.58. The van der Waals surface area contributed by atoms with E-state index in [0.717, 1.165) is 24.6 Å². The van der Waals surface area contributed by atoms with Crippen molar-refractivity contribution >= 4 is 22.8 Å². The second-order valence-electron chi connectivity index (χ2n) is 2.98. The molecule has 0 rings (SSSR count). The van der Waals surface area contributed by atoms with Gasteiger partial charge in [-0.15, -0.1) is 0 Å². The van der Waals surface area contributed by atoms with E-state index >= 15 is 0 Å². The number of carboxylic acid groups (broad SMARTS) is 1. The fourth-order valence-electron chi connectivity index (χ4n) is 0.947. The molecule has 0 heterocycles. The lowest BCUT2D eigenvalue weighted by Crippen LogP contribution is -2.16. The van der Waals surface area contributed by atoms with Gasteiger partial charge in [0.25, 0.3) is 0 Å². The molecule has 1 N–H and O–H groups in total. The first-order chi connectivity index (χ1) is 6.07. The summed E-state index contributed by atoms with van der Waals surface area (Å²) in [6.45, 7) is 3.49. The average Bonchev–Trinajstić information content (AvgIpc) is 2.03. The van der Waals surface area contributed by atoms with Crippen LogP contribution in [0, 0.1) is 5.92 Å². The molecule has 0 radical (unpaired) electrons. The quantitative estimate of drug-likeness (QED) is 0.720. The molecule has 0 fully saturated rings. The molecule has 0 bridgehead atoms. The summed E-state index contributed by atoms with van der Waals surface area (Å²) in [4.78, 5) is 21.3. The molecular formula is C9H16O3S. The van der Waals surface area contributed by atoms with E-state index in [2.05, 4.69) is 0 Å². The Hall–Kier alpha value is -0.510. The predicted molar refractivity (Wildman–Crippen MR) is 53.8 cm³/mol. The second-order valence-corrected chi connectivity index (χ2v) is 4.18. The van der Waals surface area contributed by atoms with Gasteiger partial charge in [0.05, 0.1) is 5.92 Å². The van der Waals surface area contributed by atoms with Crippen LogP contribution in [-0.4, -0.2) is 21.9 Å². The zero-order chi connectivity index (χ0) is 10.3. The van der Waals surface area contributed by atoms with E-state index in [0.29, 0.717) is 12.2 Å². The van der Waals surface area contributed by atoms with Gasteiger partial charge >= 0.3 is 5.97 Å². The number of thioether (sulfide) groups is 1. The van der Waals surface area contributed by atoms with E-state index in [1.807, 2.05) is 6.92 Å². The third-order valence-corrected chi connectivity index (χ3v) is 2.72. The lowest BCUT2D eigenvalue weighted by Gasteiger charge is -2.09. The van der Waals surface area contributed by atoms with Crippen LogP contribution < -0.4 is 0 Å². The van der Waals surface area contributed by atoms with Crippen molar-refractivity contribution in [3.63, 3.8) is 0 Å². The molecule has 0 aliphatic carbocycles. The van der Waals surface area contributed by atoms with Crippen molar-refractivity contribution in [2.24, 2.45) is 5.92 Å². The van der Waals surface area contributed by atoms with E-state index in [1.54, 1.807) is 0 Å². The predicted octanol–water partition coefficient (Wildman–Crippen LogP) is 2.16. The third-order valence-electron chi connectivity index (χ3n) is 1.74. The Morgan fingerprint density at radius 2 is 2.08 bits per heavy atom. The summed E-state index contributed by atoms with van der Waals surface area (Å²) in [5.74, 6) is -0.749. The number of hydrogen-bond donors (Lipinski definition) is 1. The molecule has 0 aromatic rings. The van der Waals surface area contributed by atoms with Crippen molar-refractivity contribution in [2.75, 3.05) is 5.75 Å². The summed E-state index contributed by atoms with van der Waals surface area (Å²) in [6, 6.07) is 0. The maximum Gasteiger partial charge on any atom is 0.307 e. The van der Waals surface area contributed by atoms with Gasteiger partial charge in [-0.2, -0.15) is 0 Å². The number of rotatable bonds is 6. The largest absolute Gasteiger partial charge is 0.481 e. The Labute approximate surface area is 82.9 Å². The molecule has 13 heavy (non-hydrogen) atoms. The highest BCUT2D eigenvalue weighted by atomic mass is 32.2. The maximum atomic E-state index is 10.7. The summed E-state index contributed by atoms with van der Waals surface area (Å²) in [5, 5.41) is 8.78. The van der Waals surface area contributed by atoms with Crippen LogP contribution in [0.5, 0.6) is 0 Å². The van der Waals surface area contributed by atoms with Crippen molar-refractivity contribution in [1.82, 2.24) is 0 Å². The molecular weight excluding hydrogens is 188 g/mol. The van der Waals surface area contributed by atoms with E-state index in [-0.39, 0.29) is 11.0 Å². The Balaban J connectivity index is 3.80. The van der Waals surface area contributed by atoms with Crippen LogP contribution in [0.15, 0.2) is 0 Å². The summed E-state index contributed by atoms with van der Waals surface area (Å²) < 4.78 is 0. The first kappa shape index (κ1) is 12.5. The highest BCUT2D eigenvalue weighted by molar-refractivity contribution is 8.13. The second kappa shape index (κ2) is 6.95. The normalized spacial score (nSPS) is 12.5. The van der Waals surface area contributed by atoms with Crippen molar-refractivity contribution in [3.05, 3.63) is 0 Å². The first-order valence-electron chi connectivity index (χ1n) is 4.44. The molecule has 0 aliphatic heterocycles. The molecule has 4 heteroatoms. The van der Waals surface area contributed by atoms with E-state index in [1.165, 1.54) is 6.92 Å². The Kier molecular flexibility index (Phi) is 6.68. The van der Waals surface area contributed by atoms with Crippen LogP contribution in [0.2, 0.25) is 0 Å². The molecule has 0 aliphatic rings.